The summed E-state index contributed by atoms with van der Waals surface area (Å²) in [6.45, 7) is 0.771. The predicted octanol–water partition coefficient (Wildman–Crippen LogP) is 4.63. The zero-order chi connectivity index (χ0) is 19.3. The van der Waals surface area contributed by atoms with E-state index < -0.39 is 0 Å². The van der Waals surface area contributed by atoms with Gasteiger partial charge in [-0.15, -0.1) is 0 Å². The predicted molar refractivity (Wildman–Crippen MR) is 110 cm³/mol. The number of rotatable bonds is 5. The van der Waals surface area contributed by atoms with Gasteiger partial charge in [0.15, 0.2) is 0 Å². The number of likely N-dealkylation sites (tertiary alicyclic amines) is 1. The lowest BCUT2D eigenvalue weighted by Gasteiger charge is -2.24. The Morgan fingerprint density at radius 1 is 1.04 bits per heavy atom. The van der Waals surface area contributed by atoms with Gasteiger partial charge in [0.05, 0.1) is 18.2 Å². The van der Waals surface area contributed by atoms with Gasteiger partial charge in [-0.2, -0.15) is 0 Å². The Morgan fingerprint density at radius 2 is 1.86 bits per heavy atom. The first-order valence-electron chi connectivity index (χ1n) is 9.59. The van der Waals surface area contributed by atoms with E-state index in [4.69, 9.17) is 16.6 Å². The molecule has 5 heteroatoms. The summed E-state index contributed by atoms with van der Waals surface area (Å²) in [7, 11) is 0. The molecule has 28 heavy (non-hydrogen) atoms. The fourth-order valence-electron chi connectivity index (χ4n) is 3.75. The second kappa shape index (κ2) is 8.53. The highest BCUT2D eigenvalue weighted by Crippen LogP contribution is 2.31. The number of halogens is 1. The van der Waals surface area contributed by atoms with Crippen LogP contribution in [0.4, 0.5) is 0 Å². The summed E-state index contributed by atoms with van der Waals surface area (Å²) in [5.74, 6) is 0.111. The van der Waals surface area contributed by atoms with Gasteiger partial charge in [-0.3, -0.25) is 14.8 Å². The maximum atomic E-state index is 12.9. The van der Waals surface area contributed by atoms with Gasteiger partial charge in [0.25, 0.3) is 0 Å². The molecule has 1 saturated heterocycles. The minimum Gasteiger partial charge on any atom is -0.334 e. The maximum Gasteiger partial charge on any atom is 0.229 e. The average Bonchev–Trinajstić information content (AvgIpc) is 3.21. The summed E-state index contributed by atoms with van der Waals surface area (Å²) in [5.41, 5.74) is 3.79. The second-order valence-electron chi connectivity index (χ2n) is 7.06. The fraction of sp³-hybridized carbons (Fsp3) is 0.261. The largest absolute Gasteiger partial charge is 0.334 e. The van der Waals surface area contributed by atoms with Crippen LogP contribution in [0, 0.1) is 0 Å². The van der Waals surface area contributed by atoms with E-state index in [2.05, 4.69) is 4.98 Å². The van der Waals surface area contributed by atoms with E-state index in [9.17, 15) is 4.79 Å². The van der Waals surface area contributed by atoms with Crippen LogP contribution in [0.3, 0.4) is 0 Å². The van der Waals surface area contributed by atoms with Crippen LogP contribution >= 0.6 is 11.6 Å². The van der Waals surface area contributed by atoms with Crippen molar-refractivity contribution in [3.8, 4) is 0 Å². The Hall–Kier alpha value is -2.72. The fourth-order valence-corrected chi connectivity index (χ4v) is 3.95. The third-order valence-electron chi connectivity index (χ3n) is 5.13. The van der Waals surface area contributed by atoms with Gasteiger partial charge >= 0.3 is 0 Å². The molecule has 3 heterocycles. The molecular formula is C23H22ClN3O. The monoisotopic (exact) mass is 391 g/mol. The molecule has 1 aliphatic heterocycles. The molecule has 0 saturated carbocycles. The van der Waals surface area contributed by atoms with Crippen LogP contribution in [-0.4, -0.2) is 27.3 Å². The van der Waals surface area contributed by atoms with E-state index in [-0.39, 0.29) is 11.9 Å². The van der Waals surface area contributed by atoms with Crippen LogP contribution in [-0.2, 0) is 17.6 Å². The summed E-state index contributed by atoms with van der Waals surface area (Å²) >= 11 is 6.30. The number of hydrogen-bond acceptors (Lipinski definition) is 3. The summed E-state index contributed by atoms with van der Waals surface area (Å²) in [6.07, 6.45) is 4.67. The molecule has 0 N–H and O–H groups in total. The molecule has 1 fully saturated rings. The van der Waals surface area contributed by atoms with Gasteiger partial charge in [-0.1, -0.05) is 41.9 Å². The zero-order valence-electron chi connectivity index (χ0n) is 15.6. The first kappa shape index (κ1) is 18.6. The number of aromatic nitrogens is 2. The summed E-state index contributed by atoms with van der Waals surface area (Å²) in [4.78, 5) is 24.0. The van der Waals surface area contributed by atoms with E-state index in [1.54, 1.807) is 6.20 Å². The van der Waals surface area contributed by atoms with E-state index >= 15 is 0 Å². The minimum absolute atomic E-state index is 0.0300. The van der Waals surface area contributed by atoms with Crippen LogP contribution < -0.4 is 0 Å². The lowest BCUT2D eigenvalue weighted by molar-refractivity contribution is -0.131. The van der Waals surface area contributed by atoms with E-state index in [1.807, 2.05) is 65.6 Å². The maximum absolute atomic E-state index is 12.9. The standard InChI is InChI=1S/C23H22ClN3O/c24-20-10-2-1-7-17(20)15-19-9-5-11-21(26-19)22-12-6-14-27(22)23(28)16-18-8-3-4-13-25-18/h1-5,7-11,13,22H,6,12,14-16H2. The molecule has 0 aliphatic carbocycles. The van der Waals surface area contributed by atoms with Crippen molar-refractivity contribution in [2.45, 2.75) is 31.7 Å². The molecule has 2 aromatic heterocycles. The lowest BCUT2D eigenvalue weighted by Crippen LogP contribution is -2.32. The number of nitrogens with zero attached hydrogens (tertiary/aromatic N) is 3. The van der Waals surface area contributed by atoms with Crippen molar-refractivity contribution < 1.29 is 4.79 Å². The van der Waals surface area contributed by atoms with Gasteiger partial charge < -0.3 is 4.90 Å². The van der Waals surface area contributed by atoms with Crippen LogP contribution in [0.25, 0.3) is 0 Å². The number of hydrogen-bond donors (Lipinski definition) is 0. The topological polar surface area (TPSA) is 46.1 Å². The molecule has 4 rings (SSSR count). The molecular weight excluding hydrogens is 370 g/mol. The molecule has 0 bridgehead atoms. The summed E-state index contributed by atoms with van der Waals surface area (Å²) < 4.78 is 0. The quantitative estimate of drug-likeness (QED) is 0.637. The zero-order valence-corrected chi connectivity index (χ0v) is 16.3. The van der Waals surface area contributed by atoms with Crippen molar-refractivity contribution in [2.75, 3.05) is 6.54 Å². The van der Waals surface area contributed by atoms with Gasteiger partial charge in [-0.25, -0.2) is 0 Å². The normalized spacial score (nSPS) is 16.3. The van der Waals surface area contributed by atoms with Crippen molar-refractivity contribution in [2.24, 2.45) is 0 Å². The third-order valence-corrected chi connectivity index (χ3v) is 5.50. The Labute approximate surface area is 170 Å². The molecule has 0 radical (unpaired) electrons. The highest BCUT2D eigenvalue weighted by Gasteiger charge is 2.31. The van der Waals surface area contributed by atoms with Crippen molar-refractivity contribution in [3.63, 3.8) is 0 Å². The highest BCUT2D eigenvalue weighted by atomic mass is 35.5. The number of benzene rings is 1. The molecule has 142 valence electrons. The van der Waals surface area contributed by atoms with Gasteiger partial charge in [0.1, 0.15) is 0 Å². The van der Waals surface area contributed by atoms with E-state index in [1.165, 1.54) is 0 Å². The number of pyridine rings is 2. The Morgan fingerprint density at radius 3 is 2.68 bits per heavy atom. The van der Waals surface area contributed by atoms with Crippen molar-refractivity contribution in [1.29, 1.82) is 0 Å². The van der Waals surface area contributed by atoms with Gasteiger partial charge in [0, 0.05) is 35.6 Å². The van der Waals surface area contributed by atoms with Gasteiger partial charge in [-0.05, 0) is 48.7 Å². The second-order valence-corrected chi connectivity index (χ2v) is 7.47. The molecule has 1 aromatic carbocycles. The van der Waals surface area contributed by atoms with Crippen molar-refractivity contribution in [1.82, 2.24) is 14.9 Å². The SMILES string of the molecule is O=C(Cc1ccccn1)N1CCCC1c1cccc(Cc2ccccc2Cl)n1. The molecule has 3 aromatic rings. The third kappa shape index (κ3) is 4.23. The van der Waals surface area contributed by atoms with Crippen molar-refractivity contribution >= 4 is 17.5 Å². The number of carbonyl (C=O) groups is 1. The molecule has 1 aliphatic rings. The molecule has 0 spiro atoms. The van der Waals surface area contributed by atoms with E-state index in [0.29, 0.717) is 12.8 Å². The molecule has 1 amide bonds. The molecule has 4 nitrogen and oxygen atoms in total. The lowest BCUT2D eigenvalue weighted by atomic mass is 10.1. The van der Waals surface area contributed by atoms with Crippen LogP contribution in [0.1, 0.15) is 41.5 Å². The Kier molecular flexibility index (Phi) is 5.68. The van der Waals surface area contributed by atoms with Crippen LogP contribution in [0.2, 0.25) is 5.02 Å². The van der Waals surface area contributed by atoms with Crippen LogP contribution in [0.15, 0.2) is 66.9 Å². The first-order chi connectivity index (χ1) is 13.7. The average molecular weight is 392 g/mol. The minimum atomic E-state index is 0.0300. The van der Waals surface area contributed by atoms with Crippen LogP contribution in [0.5, 0.6) is 0 Å². The summed E-state index contributed by atoms with van der Waals surface area (Å²) in [6, 6.07) is 19.6. The Balaban J connectivity index is 1.51. The summed E-state index contributed by atoms with van der Waals surface area (Å²) in [5, 5.41) is 0.753. The van der Waals surface area contributed by atoms with Gasteiger partial charge in [0.2, 0.25) is 5.91 Å². The first-order valence-corrected chi connectivity index (χ1v) is 9.97. The van der Waals surface area contributed by atoms with E-state index in [0.717, 1.165) is 47.1 Å². The highest BCUT2D eigenvalue weighted by molar-refractivity contribution is 6.31. The number of carbonyl (C=O) groups excluding carboxylic acids is 1. The van der Waals surface area contributed by atoms with Crippen molar-refractivity contribution in [3.05, 3.63) is 94.5 Å². The Bertz CT molecular complexity index is 961. The number of amides is 1. The molecule has 1 unspecified atom stereocenters. The smallest absolute Gasteiger partial charge is 0.229 e. The molecule has 1 atom stereocenters.